The molecule has 0 aliphatic heterocycles. The third-order valence-corrected chi connectivity index (χ3v) is 15.0. The van der Waals surface area contributed by atoms with Crippen molar-refractivity contribution in [2.45, 2.75) is 172 Å². The van der Waals surface area contributed by atoms with E-state index in [-0.39, 0.29) is 95.3 Å². The second-order valence-corrected chi connectivity index (χ2v) is 23.9. The SMILES string of the molecule is CC(=O)N[C@@H](CCCNC(=N)N)C(=O)N[C@@H](CCCNC(=N)N)C(=O)N[C@@H](Cc1ccccc1)C(=O)N[C@@H](CCc1c[nH]c2ccccc12)C(=O)N[C@@H](CCC(N)=O)C(=O)N[C@@H](CS)C(=O)N[C@H](C(=O)N[C@@H](CCCCNC(=N)N)C(=O)N[C@H](C(=O)O)C(C)(C)C)[C@@H](C)O. The molecular weight excluding hydrogens is 1240 g/mol. The number of nitrogens with two attached hydrogens (primary N) is 4. The lowest BCUT2D eigenvalue weighted by Gasteiger charge is -2.31. The van der Waals surface area contributed by atoms with Crippen molar-refractivity contribution in [1.29, 1.82) is 16.2 Å². The fraction of sp³-hybridized carbons (Fsp3) is 0.533. The highest BCUT2D eigenvalue weighted by molar-refractivity contribution is 7.80. The van der Waals surface area contributed by atoms with Crippen molar-refractivity contribution in [3.63, 3.8) is 0 Å². The maximum atomic E-state index is 14.9. The number of hydrogen-bond donors (Lipinski definition) is 23. The number of amides is 10. The van der Waals surface area contributed by atoms with Crippen LogP contribution in [0.25, 0.3) is 10.9 Å². The number of carbonyl (C=O) groups is 11. The molecule has 0 radical (unpaired) electrons. The quantitative estimate of drug-likeness (QED) is 0.0114. The Hall–Kier alpha value is -9.73. The van der Waals surface area contributed by atoms with Crippen molar-refractivity contribution in [1.82, 2.24) is 68.8 Å². The van der Waals surface area contributed by atoms with E-state index in [1.54, 1.807) is 63.4 Å². The number of H-pyrrole nitrogens is 1. The van der Waals surface area contributed by atoms with Crippen LogP contribution in [-0.2, 0) is 65.6 Å². The lowest BCUT2D eigenvalue weighted by atomic mass is 9.86. The average Bonchev–Trinajstić information content (AvgIpc) is 1.60. The number of nitrogens with one attached hydrogen (secondary N) is 16. The maximum absolute atomic E-state index is 14.9. The number of aryl methyl sites for hydroxylation is 1. The molecule has 94 heavy (non-hydrogen) atoms. The number of aliphatic hydroxyl groups excluding tert-OH is 1. The van der Waals surface area contributed by atoms with E-state index in [1.165, 1.54) is 6.92 Å². The number of primary amides is 1. The number of fused-ring (bicyclic) bond motifs is 1. The third-order valence-electron chi connectivity index (χ3n) is 14.7. The number of hydrogen-bond acceptors (Lipinski definition) is 16. The van der Waals surface area contributed by atoms with Crippen LogP contribution in [0, 0.1) is 21.6 Å². The largest absolute Gasteiger partial charge is 0.480 e. The van der Waals surface area contributed by atoms with Crippen molar-refractivity contribution < 1.29 is 63.0 Å². The summed E-state index contributed by atoms with van der Waals surface area (Å²) in [5, 5.41) is 74.9. The Balaban J connectivity index is 2.02. The minimum absolute atomic E-state index is 0.0580. The molecule has 10 atom stereocenters. The lowest BCUT2D eigenvalue weighted by molar-refractivity contribution is -0.145. The van der Waals surface area contributed by atoms with Gasteiger partial charge in [0.05, 0.1) is 6.10 Å². The summed E-state index contributed by atoms with van der Waals surface area (Å²) in [5.74, 6) is -11.8. The van der Waals surface area contributed by atoms with E-state index in [0.717, 1.165) is 23.4 Å². The summed E-state index contributed by atoms with van der Waals surface area (Å²) in [6.45, 7) is 7.60. The first-order chi connectivity index (χ1) is 44.3. The van der Waals surface area contributed by atoms with Gasteiger partial charge in [0, 0.05) is 62.3 Å². The zero-order valence-corrected chi connectivity index (χ0v) is 54.4. The molecule has 1 heterocycles. The number of carboxylic acids is 1. The molecule has 0 saturated carbocycles. The molecule has 0 fully saturated rings. The van der Waals surface area contributed by atoms with E-state index < -0.39 is 150 Å². The van der Waals surface area contributed by atoms with Gasteiger partial charge in [0.2, 0.25) is 59.1 Å². The first-order valence-electron chi connectivity index (χ1n) is 30.6. The lowest BCUT2D eigenvalue weighted by Crippen LogP contribution is -2.62. The fourth-order valence-corrected chi connectivity index (χ4v) is 9.95. The van der Waals surface area contributed by atoms with Gasteiger partial charge < -0.3 is 102 Å². The molecule has 10 amide bonds. The van der Waals surface area contributed by atoms with Gasteiger partial charge in [-0.25, -0.2) is 4.79 Å². The van der Waals surface area contributed by atoms with E-state index in [0.29, 0.717) is 12.0 Å². The highest BCUT2D eigenvalue weighted by Crippen LogP contribution is 2.22. The van der Waals surface area contributed by atoms with Crippen LogP contribution in [0.4, 0.5) is 0 Å². The van der Waals surface area contributed by atoms with E-state index in [2.05, 4.69) is 81.4 Å². The van der Waals surface area contributed by atoms with Crippen LogP contribution in [0.1, 0.15) is 110 Å². The molecule has 0 saturated heterocycles. The number of para-hydroxylation sites is 1. The molecule has 34 heteroatoms. The normalized spacial score (nSPS) is 14.3. The van der Waals surface area contributed by atoms with Crippen LogP contribution in [0.2, 0.25) is 0 Å². The number of thiol groups is 1. The molecule has 33 nitrogen and oxygen atoms in total. The van der Waals surface area contributed by atoms with Crippen molar-refractivity contribution >= 4 is 106 Å². The smallest absolute Gasteiger partial charge is 0.326 e. The molecule has 1 aromatic heterocycles. The topological polar surface area (TPSA) is 564 Å². The number of rotatable bonds is 41. The summed E-state index contributed by atoms with van der Waals surface area (Å²) in [5.41, 5.74) is 22.9. The first-order valence-corrected chi connectivity index (χ1v) is 31.3. The van der Waals surface area contributed by atoms with E-state index in [9.17, 15) is 63.0 Å². The number of carbonyl (C=O) groups excluding carboxylic acids is 10. The van der Waals surface area contributed by atoms with Gasteiger partial charge in [0.1, 0.15) is 54.4 Å². The number of carboxylic acid groups (broad SMARTS) is 1. The Morgan fingerprint density at radius 2 is 0.957 bits per heavy atom. The van der Waals surface area contributed by atoms with Crippen LogP contribution in [0.15, 0.2) is 60.8 Å². The number of aromatic amines is 1. The van der Waals surface area contributed by atoms with Gasteiger partial charge in [0.15, 0.2) is 17.9 Å². The van der Waals surface area contributed by atoms with E-state index in [4.69, 9.17) is 39.2 Å². The van der Waals surface area contributed by atoms with Crippen LogP contribution in [0.3, 0.4) is 0 Å². The summed E-state index contributed by atoms with van der Waals surface area (Å²) >= 11 is 4.26. The van der Waals surface area contributed by atoms with Gasteiger partial charge in [-0.2, -0.15) is 12.6 Å². The number of aliphatic hydroxyl groups is 1. The summed E-state index contributed by atoms with van der Waals surface area (Å²) in [4.78, 5) is 154. The number of unbranched alkanes of at least 4 members (excludes halogenated alkanes) is 1. The molecule has 0 aliphatic rings. The summed E-state index contributed by atoms with van der Waals surface area (Å²) in [6, 6.07) is 2.33. The molecule has 0 spiro atoms. The van der Waals surface area contributed by atoms with Crippen molar-refractivity contribution in [3.8, 4) is 0 Å². The Morgan fingerprint density at radius 3 is 1.45 bits per heavy atom. The predicted octanol–water partition coefficient (Wildman–Crippen LogP) is -3.39. The predicted molar refractivity (Wildman–Crippen MR) is 353 cm³/mol. The van der Waals surface area contributed by atoms with Gasteiger partial charge in [-0.3, -0.25) is 64.2 Å². The van der Waals surface area contributed by atoms with Gasteiger partial charge in [-0.1, -0.05) is 69.3 Å². The molecule has 0 aliphatic carbocycles. The number of aromatic nitrogens is 1. The number of benzene rings is 2. The van der Waals surface area contributed by atoms with Gasteiger partial charge in [0.25, 0.3) is 0 Å². The van der Waals surface area contributed by atoms with Crippen LogP contribution < -0.4 is 86.7 Å². The van der Waals surface area contributed by atoms with Crippen molar-refractivity contribution in [2.75, 3.05) is 25.4 Å². The Morgan fingerprint density at radius 1 is 0.532 bits per heavy atom. The molecule has 0 unspecified atom stereocenters. The highest BCUT2D eigenvalue weighted by atomic mass is 32.1. The molecular formula is C60H94N20O13S. The van der Waals surface area contributed by atoms with Crippen LogP contribution in [-0.4, -0.2) is 184 Å². The minimum Gasteiger partial charge on any atom is -0.480 e. The summed E-state index contributed by atoms with van der Waals surface area (Å²) in [6.07, 6.45) is -0.153. The van der Waals surface area contributed by atoms with Crippen molar-refractivity contribution in [2.24, 2.45) is 28.3 Å². The Kier molecular flexibility index (Phi) is 33.1. The molecule has 518 valence electrons. The molecule has 2 aromatic carbocycles. The van der Waals surface area contributed by atoms with E-state index in [1.807, 2.05) is 18.2 Å². The molecule has 3 rings (SSSR count). The van der Waals surface area contributed by atoms with Gasteiger partial charge in [-0.05, 0) is 93.7 Å². The number of aliphatic carboxylic acids is 1. The second kappa shape index (κ2) is 39.6. The standard InChI is InChI=1S/C60H94N20O13S/c1-32(81)46(55(91)76-39(19-11-12-26-68-57(62)63)52(88)80-47(56(92)93)60(3,4)5)79-54(90)44(31-94)78-51(87)42(24-25-45(61)83)74-50(86)41(23-22-35-30-71-37-18-10-9-17-36(35)37)75-53(89)43(29-34-15-7-6-8-16-34)77-49(85)40(21-14-28-70-59(66)67)73-48(84)38(72-33(2)82)20-13-27-69-58(64)65/h6-10,15-18,30,32,38-44,46-47,71,81,94H,11-14,19-29,31H2,1-5H3,(H2,61,83)(H,72,82)(H,73,84)(H,74,86)(H,75,89)(H,76,91)(H,77,85)(H,78,87)(H,79,90)(H,80,88)(H,92,93)(H4,62,63,68)(H4,64,65,69)(H4,66,67,70)/t32-,38+,39+,40+,41+,42+,43+,44+,46+,47-/m1/s1. The average molecular weight is 1340 g/mol. The van der Waals surface area contributed by atoms with Gasteiger partial charge in [-0.15, -0.1) is 0 Å². The third kappa shape index (κ3) is 28.4. The molecule has 3 aromatic rings. The zero-order valence-electron chi connectivity index (χ0n) is 53.5. The summed E-state index contributed by atoms with van der Waals surface area (Å²) < 4.78 is 0. The Labute approximate surface area is 550 Å². The highest BCUT2D eigenvalue weighted by Gasteiger charge is 2.38. The minimum atomic E-state index is -1.80. The summed E-state index contributed by atoms with van der Waals surface area (Å²) in [7, 11) is 0. The first kappa shape index (κ1) is 78.5. The molecule has 26 N–H and O–H groups in total. The zero-order chi connectivity index (χ0) is 70.2. The monoisotopic (exact) mass is 1330 g/mol. The van der Waals surface area contributed by atoms with Crippen LogP contribution in [0.5, 0.6) is 0 Å². The second-order valence-electron chi connectivity index (χ2n) is 23.6. The molecule has 0 bridgehead atoms. The van der Waals surface area contributed by atoms with Gasteiger partial charge >= 0.3 is 5.97 Å². The van der Waals surface area contributed by atoms with E-state index >= 15 is 0 Å². The Bertz CT molecular complexity index is 3110. The number of guanidine groups is 3. The van der Waals surface area contributed by atoms with Crippen LogP contribution >= 0.6 is 12.6 Å². The van der Waals surface area contributed by atoms with Crippen molar-refractivity contribution in [3.05, 3.63) is 71.9 Å². The maximum Gasteiger partial charge on any atom is 0.326 e. The fourth-order valence-electron chi connectivity index (χ4n) is 9.70.